The first-order valence-electron chi connectivity index (χ1n) is 6.57. The zero-order valence-corrected chi connectivity index (χ0v) is 11.1. The summed E-state index contributed by atoms with van der Waals surface area (Å²) in [4.78, 5) is 8.48. The highest BCUT2D eigenvalue weighted by atomic mass is 16.5. The Hall–Kier alpha value is -1.36. The van der Waals surface area contributed by atoms with Crippen molar-refractivity contribution in [1.29, 1.82) is 0 Å². The second-order valence-corrected chi connectivity index (χ2v) is 4.55. The van der Waals surface area contributed by atoms with Crippen LogP contribution in [0.4, 0.5) is 5.82 Å². The molecule has 0 amide bonds. The zero-order valence-electron chi connectivity index (χ0n) is 11.1. The average molecular weight is 251 g/mol. The normalized spacial score (nSPS) is 18.9. The van der Waals surface area contributed by atoms with Crippen molar-refractivity contribution >= 4 is 5.82 Å². The molecule has 100 valence electrons. The summed E-state index contributed by atoms with van der Waals surface area (Å²) in [5, 5.41) is 3.09. The Balaban J connectivity index is 2.05. The molecule has 5 nitrogen and oxygen atoms in total. The van der Waals surface area contributed by atoms with Gasteiger partial charge in [-0.25, -0.2) is 9.97 Å². The molecular formula is C13H21N3O2. The van der Waals surface area contributed by atoms with Gasteiger partial charge >= 0.3 is 0 Å². The van der Waals surface area contributed by atoms with E-state index >= 15 is 0 Å². The van der Waals surface area contributed by atoms with Gasteiger partial charge < -0.3 is 14.8 Å². The second-order valence-electron chi connectivity index (χ2n) is 4.55. The van der Waals surface area contributed by atoms with E-state index in [4.69, 9.17) is 9.47 Å². The van der Waals surface area contributed by atoms with Crippen molar-refractivity contribution < 1.29 is 9.47 Å². The van der Waals surface area contributed by atoms with Crippen molar-refractivity contribution in [3.63, 3.8) is 0 Å². The summed E-state index contributed by atoms with van der Waals surface area (Å²) < 4.78 is 11.2. The molecule has 1 aliphatic heterocycles. The summed E-state index contributed by atoms with van der Waals surface area (Å²) in [6, 6.07) is 0. The summed E-state index contributed by atoms with van der Waals surface area (Å²) in [5.41, 5.74) is 1.07. The Labute approximate surface area is 108 Å². The molecule has 0 aromatic carbocycles. The monoisotopic (exact) mass is 251 g/mol. The molecule has 2 rings (SSSR count). The lowest BCUT2D eigenvalue weighted by Gasteiger charge is -2.14. The van der Waals surface area contributed by atoms with Crippen LogP contribution in [0, 0.1) is 5.92 Å². The Kier molecular flexibility index (Phi) is 4.75. The molecule has 1 aromatic rings. The molecule has 5 heteroatoms. The van der Waals surface area contributed by atoms with Crippen LogP contribution in [0.15, 0.2) is 6.33 Å². The molecular weight excluding hydrogens is 230 g/mol. The first kappa shape index (κ1) is 13.1. The Bertz CT molecular complexity index is 378. The third-order valence-electron chi connectivity index (χ3n) is 3.12. The first-order chi connectivity index (χ1) is 8.85. The Morgan fingerprint density at radius 2 is 2.39 bits per heavy atom. The van der Waals surface area contributed by atoms with Crippen molar-refractivity contribution in [2.75, 3.05) is 32.2 Å². The van der Waals surface area contributed by atoms with E-state index in [0.717, 1.165) is 43.9 Å². The molecule has 1 saturated heterocycles. The number of aromatic nitrogens is 2. The number of nitrogens with one attached hydrogen (secondary N) is 1. The van der Waals surface area contributed by atoms with E-state index in [2.05, 4.69) is 22.2 Å². The first-order valence-corrected chi connectivity index (χ1v) is 6.57. The van der Waals surface area contributed by atoms with E-state index in [-0.39, 0.29) is 0 Å². The van der Waals surface area contributed by atoms with Crippen LogP contribution in [-0.2, 0) is 11.2 Å². The standard InChI is InChI=1S/C13H21N3O2/c1-3-4-11-12(14-2)15-9-16-13(11)18-8-10-5-6-17-7-10/h9-10H,3-8H2,1-2H3,(H,14,15,16). The van der Waals surface area contributed by atoms with Gasteiger partial charge in [0.15, 0.2) is 0 Å². The van der Waals surface area contributed by atoms with E-state index in [0.29, 0.717) is 18.4 Å². The van der Waals surface area contributed by atoms with Crippen LogP contribution in [0.2, 0.25) is 0 Å². The van der Waals surface area contributed by atoms with Crippen LogP contribution in [0.3, 0.4) is 0 Å². The Morgan fingerprint density at radius 1 is 1.50 bits per heavy atom. The van der Waals surface area contributed by atoms with E-state index in [9.17, 15) is 0 Å². The van der Waals surface area contributed by atoms with Gasteiger partial charge in [-0.1, -0.05) is 13.3 Å². The molecule has 1 unspecified atom stereocenters. The molecule has 0 radical (unpaired) electrons. The highest BCUT2D eigenvalue weighted by Crippen LogP contribution is 2.24. The minimum atomic E-state index is 0.493. The van der Waals surface area contributed by atoms with Crippen LogP contribution in [0.1, 0.15) is 25.3 Å². The number of hydrogen-bond donors (Lipinski definition) is 1. The average Bonchev–Trinajstić information content (AvgIpc) is 2.91. The van der Waals surface area contributed by atoms with Crippen LogP contribution < -0.4 is 10.1 Å². The maximum atomic E-state index is 5.85. The molecule has 1 fully saturated rings. The van der Waals surface area contributed by atoms with Crippen LogP contribution in [0.25, 0.3) is 0 Å². The molecule has 1 N–H and O–H groups in total. The van der Waals surface area contributed by atoms with E-state index in [1.54, 1.807) is 6.33 Å². The Morgan fingerprint density at radius 3 is 3.06 bits per heavy atom. The van der Waals surface area contributed by atoms with Gasteiger partial charge in [0.25, 0.3) is 0 Å². The van der Waals surface area contributed by atoms with Gasteiger partial charge in [-0.2, -0.15) is 0 Å². The maximum absolute atomic E-state index is 5.85. The fourth-order valence-corrected chi connectivity index (χ4v) is 2.12. The highest BCUT2D eigenvalue weighted by Gasteiger charge is 2.18. The van der Waals surface area contributed by atoms with Crippen molar-refractivity contribution in [3.05, 3.63) is 11.9 Å². The highest BCUT2D eigenvalue weighted by molar-refractivity contribution is 5.48. The number of nitrogens with zero attached hydrogens (tertiary/aromatic N) is 2. The lowest BCUT2D eigenvalue weighted by atomic mass is 10.1. The summed E-state index contributed by atoms with van der Waals surface area (Å²) in [6.45, 7) is 4.46. The van der Waals surface area contributed by atoms with Gasteiger partial charge in [0, 0.05) is 19.6 Å². The van der Waals surface area contributed by atoms with Crippen molar-refractivity contribution in [3.8, 4) is 5.88 Å². The minimum Gasteiger partial charge on any atom is -0.477 e. The fraction of sp³-hybridized carbons (Fsp3) is 0.692. The quantitative estimate of drug-likeness (QED) is 0.836. The number of anilines is 1. The lowest BCUT2D eigenvalue weighted by Crippen LogP contribution is -2.14. The molecule has 1 atom stereocenters. The molecule has 0 bridgehead atoms. The van der Waals surface area contributed by atoms with Crippen molar-refractivity contribution in [1.82, 2.24) is 9.97 Å². The minimum absolute atomic E-state index is 0.493. The van der Waals surface area contributed by atoms with Gasteiger partial charge in [0.1, 0.15) is 12.1 Å². The predicted molar refractivity (Wildman–Crippen MR) is 70.0 cm³/mol. The summed E-state index contributed by atoms with van der Waals surface area (Å²) in [6.07, 6.45) is 4.59. The third-order valence-corrected chi connectivity index (χ3v) is 3.12. The molecule has 0 aliphatic carbocycles. The van der Waals surface area contributed by atoms with Crippen molar-refractivity contribution in [2.45, 2.75) is 26.2 Å². The van der Waals surface area contributed by atoms with Gasteiger partial charge in [0.2, 0.25) is 5.88 Å². The van der Waals surface area contributed by atoms with Crippen LogP contribution in [0.5, 0.6) is 5.88 Å². The van der Waals surface area contributed by atoms with E-state index < -0.39 is 0 Å². The summed E-state index contributed by atoms with van der Waals surface area (Å²) in [5.74, 6) is 2.07. The number of rotatable bonds is 6. The maximum Gasteiger partial charge on any atom is 0.221 e. The predicted octanol–water partition coefficient (Wildman–Crippen LogP) is 1.89. The molecule has 0 saturated carbocycles. The zero-order chi connectivity index (χ0) is 12.8. The summed E-state index contributed by atoms with van der Waals surface area (Å²) >= 11 is 0. The number of ether oxygens (including phenoxy) is 2. The molecule has 2 heterocycles. The second kappa shape index (κ2) is 6.54. The fourth-order valence-electron chi connectivity index (χ4n) is 2.12. The van der Waals surface area contributed by atoms with Crippen LogP contribution >= 0.6 is 0 Å². The van der Waals surface area contributed by atoms with E-state index in [1.165, 1.54) is 0 Å². The number of hydrogen-bond acceptors (Lipinski definition) is 5. The molecule has 1 aliphatic rings. The molecule has 18 heavy (non-hydrogen) atoms. The summed E-state index contributed by atoms with van der Waals surface area (Å²) in [7, 11) is 1.87. The van der Waals surface area contributed by atoms with Gasteiger partial charge in [-0.15, -0.1) is 0 Å². The van der Waals surface area contributed by atoms with Gasteiger partial charge in [-0.3, -0.25) is 0 Å². The van der Waals surface area contributed by atoms with Crippen molar-refractivity contribution in [2.24, 2.45) is 5.92 Å². The smallest absolute Gasteiger partial charge is 0.221 e. The topological polar surface area (TPSA) is 56.3 Å². The molecule has 0 spiro atoms. The van der Waals surface area contributed by atoms with Gasteiger partial charge in [0.05, 0.1) is 18.8 Å². The van der Waals surface area contributed by atoms with E-state index in [1.807, 2.05) is 7.05 Å². The van der Waals surface area contributed by atoms with Gasteiger partial charge in [-0.05, 0) is 12.8 Å². The lowest BCUT2D eigenvalue weighted by molar-refractivity contribution is 0.165. The van der Waals surface area contributed by atoms with Crippen LogP contribution in [-0.4, -0.2) is 36.8 Å². The molecule has 1 aromatic heterocycles. The third kappa shape index (κ3) is 3.10. The largest absolute Gasteiger partial charge is 0.477 e. The SMILES string of the molecule is CCCc1c(NC)ncnc1OCC1CCOC1.